The van der Waals surface area contributed by atoms with E-state index in [0.29, 0.717) is 29.8 Å². The number of carbonyl (C=O) groups is 1. The fourth-order valence-electron chi connectivity index (χ4n) is 5.22. The lowest BCUT2D eigenvalue weighted by molar-refractivity contribution is -0.140. The number of amides is 1. The van der Waals surface area contributed by atoms with Gasteiger partial charge >= 0.3 is 0 Å². The van der Waals surface area contributed by atoms with Crippen molar-refractivity contribution >= 4 is 5.91 Å². The predicted octanol–water partition coefficient (Wildman–Crippen LogP) is 0.713. The van der Waals surface area contributed by atoms with Crippen molar-refractivity contribution in [3.8, 4) is 0 Å². The number of carbonyl (C=O) groups excluding carboxylic acids is 1. The Labute approximate surface area is 115 Å². The van der Waals surface area contributed by atoms with Gasteiger partial charge in [0.2, 0.25) is 5.91 Å². The molecule has 2 aliphatic carbocycles. The van der Waals surface area contributed by atoms with Crippen LogP contribution in [-0.4, -0.2) is 42.0 Å². The molecule has 4 nitrogen and oxygen atoms in total. The second-order valence-corrected chi connectivity index (χ2v) is 7.06. The molecule has 2 heterocycles. The zero-order chi connectivity index (χ0) is 13.0. The van der Waals surface area contributed by atoms with Crippen LogP contribution in [-0.2, 0) is 4.79 Å². The number of nitrogens with one attached hydrogen (secondary N) is 1. The Morgan fingerprint density at radius 2 is 1.84 bits per heavy atom. The second kappa shape index (κ2) is 4.45. The van der Waals surface area contributed by atoms with Gasteiger partial charge in [0.05, 0.1) is 5.92 Å². The van der Waals surface area contributed by atoms with Gasteiger partial charge in [0.15, 0.2) is 0 Å². The highest BCUT2D eigenvalue weighted by atomic mass is 16.2. The lowest BCUT2D eigenvalue weighted by atomic mass is 9.83. The smallest absolute Gasteiger partial charge is 0.228 e. The Balaban J connectivity index is 1.57. The molecule has 1 amide bonds. The lowest BCUT2D eigenvalue weighted by Crippen LogP contribution is -2.51. The molecule has 0 aromatic heterocycles. The summed E-state index contributed by atoms with van der Waals surface area (Å²) >= 11 is 0. The largest absolute Gasteiger partial charge is 0.335 e. The molecule has 6 atom stereocenters. The van der Waals surface area contributed by atoms with E-state index in [1.54, 1.807) is 0 Å². The third-order valence-corrected chi connectivity index (χ3v) is 6.17. The van der Waals surface area contributed by atoms with Gasteiger partial charge in [-0.2, -0.15) is 0 Å². The Morgan fingerprint density at radius 3 is 2.63 bits per heavy atom. The fourth-order valence-corrected chi connectivity index (χ4v) is 5.22. The predicted molar refractivity (Wildman–Crippen MR) is 73.4 cm³/mol. The summed E-state index contributed by atoms with van der Waals surface area (Å²) < 4.78 is 0. The normalized spacial score (nSPS) is 48.6. The highest BCUT2D eigenvalue weighted by Gasteiger charge is 2.52. The molecular weight excluding hydrogens is 238 g/mol. The highest BCUT2D eigenvalue weighted by Crippen LogP contribution is 2.49. The first kappa shape index (κ1) is 12.2. The maximum absolute atomic E-state index is 13.0. The summed E-state index contributed by atoms with van der Waals surface area (Å²) in [7, 11) is 0. The van der Waals surface area contributed by atoms with Crippen LogP contribution in [0.15, 0.2) is 0 Å². The molecule has 0 radical (unpaired) electrons. The van der Waals surface area contributed by atoms with Crippen LogP contribution in [0.1, 0.15) is 38.5 Å². The molecule has 0 aromatic carbocycles. The van der Waals surface area contributed by atoms with Crippen LogP contribution in [0.5, 0.6) is 0 Å². The molecule has 4 bridgehead atoms. The second-order valence-electron chi connectivity index (χ2n) is 7.06. The van der Waals surface area contributed by atoms with E-state index in [2.05, 4.69) is 10.2 Å². The van der Waals surface area contributed by atoms with Gasteiger partial charge in [0, 0.05) is 24.7 Å². The molecule has 4 fully saturated rings. The molecule has 4 heteroatoms. The van der Waals surface area contributed by atoms with Crippen molar-refractivity contribution in [1.82, 2.24) is 10.2 Å². The van der Waals surface area contributed by atoms with E-state index in [0.717, 1.165) is 19.5 Å². The molecule has 2 saturated carbocycles. The maximum atomic E-state index is 13.0. The molecule has 19 heavy (non-hydrogen) atoms. The van der Waals surface area contributed by atoms with Crippen molar-refractivity contribution in [2.75, 3.05) is 13.1 Å². The van der Waals surface area contributed by atoms with E-state index in [1.807, 2.05) is 0 Å². The van der Waals surface area contributed by atoms with E-state index in [1.165, 1.54) is 32.1 Å². The van der Waals surface area contributed by atoms with Crippen LogP contribution >= 0.6 is 0 Å². The van der Waals surface area contributed by atoms with Crippen LogP contribution in [0, 0.1) is 17.8 Å². The van der Waals surface area contributed by atoms with Crippen LogP contribution in [0.2, 0.25) is 0 Å². The van der Waals surface area contributed by atoms with Gasteiger partial charge in [0.1, 0.15) is 0 Å². The number of hydrogen-bond acceptors (Lipinski definition) is 3. The summed E-state index contributed by atoms with van der Waals surface area (Å²) in [5, 5.41) is 3.47. The van der Waals surface area contributed by atoms with Crippen LogP contribution in [0.4, 0.5) is 0 Å². The van der Waals surface area contributed by atoms with Gasteiger partial charge in [-0.3, -0.25) is 4.79 Å². The van der Waals surface area contributed by atoms with Crippen LogP contribution in [0.25, 0.3) is 0 Å². The SMILES string of the molecule is NC1C2CCC(C2)C1C(=O)N1C2CCNCC1CC2. The molecule has 3 N–H and O–H groups in total. The minimum absolute atomic E-state index is 0.139. The summed E-state index contributed by atoms with van der Waals surface area (Å²) in [6.45, 7) is 2.05. The molecule has 2 saturated heterocycles. The third-order valence-electron chi connectivity index (χ3n) is 6.17. The topological polar surface area (TPSA) is 58.4 Å². The van der Waals surface area contributed by atoms with Crippen molar-refractivity contribution < 1.29 is 4.79 Å². The van der Waals surface area contributed by atoms with Crippen molar-refractivity contribution in [3.05, 3.63) is 0 Å². The Morgan fingerprint density at radius 1 is 1.05 bits per heavy atom. The molecular formula is C15H25N3O. The summed E-state index contributed by atoms with van der Waals surface area (Å²) in [5.74, 6) is 1.75. The number of rotatable bonds is 1. The molecule has 4 aliphatic rings. The van der Waals surface area contributed by atoms with Gasteiger partial charge < -0.3 is 16.0 Å². The van der Waals surface area contributed by atoms with E-state index >= 15 is 0 Å². The van der Waals surface area contributed by atoms with Gasteiger partial charge in [-0.1, -0.05) is 0 Å². The molecule has 4 rings (SSSR count). The van der Waals surface area contributed by atoms with E-state index in [9.17, 15) is 4.79 Å². The van der Waals surface area contributed by atoms with Gasteiger partial charge in [-0.15, -0.1) is 0 Å². The van der Waals surface area contributed by atoms with E-state index < -0.39 is 0 Å². The first-order valence-corrected chi connectivity index (χ1v) is 8.04. The Kier molecular flexibility index (Phi) is 2.85. The average Bonchev–Trinajstić information content (AvgIpc) is 3.01. The lowest BCUT2D eigenvalue weighted by Gasteiger charge is -2.35. The fraction of sp³-hybridized carbons (Fsp3) is 0.933. The van der Waals surface area contributed by atoms with Crippen LogP contribution in [0.3, 0.4) is 0 Å². The standard InChI is InChI=1S/C15H25N3O/c16-14-10-2-1-9(7-10)13(14)15(19)18-11-3-4-12(18)8-17-6-5-11/h9-14,17H,1-8,16H2. The summed E-state index contributed by atoms with van der Waals surface area (Å²) in [5.41, 5.74) is 6.36. The number of hydrogen-bond donors (Lipinski definition) is 2. The minimum atomic E-state index is 0.139. The average molecular weight is 263 g/mol. The monoisotopic (exact) mass is 263 g/mol. The number of nitrogens with two attached hydrogens (primary N) is 1. The highest BCUT2D eigenvalue weighted by molar-refractivity contribution is 5.81. The van der Waals surface area contributed by atoms with Crippen LogP contribution < -0.4 is 11.1 Å². The summed E-state index contributed by atoms with van der Waals surface area (Å²) in [6.07, 6.45) is 7.20. The zero-order valence-corrected chi connectivity index (χ0v) is 11.6. The first-order chi connectivity index (χ1) is 9.25. The summed E-state index contributed by atoms with van der Waals surface area (Å²) in [6, 6.07) is 1.06. The van der Waals surface area contributed by atoms with Gasteiger partial charge in [0.25, 0.3) is 0 Å². The quantitative estimate of drug-likeness (QED) is 0.732. The first-order valence-electron chi connectivity index (χ1n) is 8.04. The molecule has 0 spiro atoms. The van der Waals surface area contributed by atoms with Gasteiger partial charge in [-0.05, 0) is 56.9 Å². The summed E-state index contributed by atoms with van der Waals surface area (Å²) in [4.78, 5) is 15.3. The number of nitrogens with zero attached hydrogens (tertiary/aromatic N) is 1. The maximum Gasteiger partial charge on any atom is 0.228 e. The number of fused-ring (bicyclic) bond motifs is 4. The van der Waals surface area contributed by atoms with Crippen molar-refractivity contribution in [2.45, 2.75) is 56.7 Å². The molecule has 0 aromatic rings. The molecule has 6 unspecified atom stereocenters. The minimum Gasteiger partial charge on any atom is -0.335 e. The Hall–Kier alpha value is -0.610. The Bertz CT molecular complexity index is 370. The molecule has 2 aliphatic heterocycles. The third kappa shape index (κ3) is 1.76. The van der Waals surface area contributed by atoms with Crippen molar-refractivity contribution in [1.29, 1.82) is 0 Å². The van der Waals surface area contributed by atoms with Gasteiger partial charge in [-0.25, -0.2) is 0 Å². The molecule has 106 valence electrons. The van der Waals surface area contributed by atoms with E-state index in [-0.39, 0.29) is 12.0 Å². The van der Waals surface area contributed by atoms with Crippen molar-refractivity contribution in [2.24, 2.45) is 23.5 Å². The zero-order valence-electron chi connectivity index (χ0n) is 11.6. The van der Waals surface area contributed by atoms with Crippen molar-refractivity contribution in [3.63, 3.8) is 0 Å². The van der Waals surface area contributed by atoms with E-state index in [4.69, 9.17) is 5.73 Å².